The van der Waals surface area contributed by atoms with Crippen LogP contribution in [0.3, 0.4) is 0 Å². The van der Waals surface area contributed by atoms with E-state index in [1.807, 2.05) is 31.2 Å². The Morgan fingerprint density at radius 3 is 2.68 bits per heavy atom. The van der Waals surface area contributed by atoms with E-state index in [2.05, 4.69) is 49.6 Å². The van der Waals surface area contributed by atoms with E-state index in [4.69, 9.17) is 5.73 Å². The van der Waals surface area contributed by atoms with Gasteiger partial charge in [-0.25, -0.2) is 10.1 Å². The minimum atomic E-state index is -0.472. The molecular formula is C18H22N8O2. The van der Waals surface area contributed by atoms with E-state index >= 15 is 0 Å². The maximum Gasteiger partial charge on any atom is 0.293 e. The number of hydrogen-bond donors (Lipinski definition) is 2. The van der Waals surface area contributed by atoms with E-state index in [0.717, 1.165) is 12.0 Å². The highest BCUT2D eigenvalue weighted by Crippen LogP contribution is 2.17. The second kappa shape index (κ2) is 8.42. The molecule has 0 saturated carbocycles. The van der Waals surface area contributed by atoms with Crippen molar-refractivity contribution in [3.8, 4) is 5.82 Å². The zero-order valence-electron chi connectivity index (χ0n) is 16.0. The van der Waals surface area contributed by atoms with Crippen LogP contribution in [0.5, 0.6) is 0 Å². The van der Waals surface area contributed by atoms with Crippen molar-refractivity contribution < 1.29 is 9.42 Å². The van der Waals surface area contributed by atoms with E-state index in [1.165, 1.54) is 10.2 Å². The molecule has 0 atom stereocenters. The Bertz CT molecular complexity index is 972. The van der Waals surface area contributed by atoms with Crippen LogP contribution in [-0.2, 0) is 6.42 Å². The SMILES string of the molecule is CCCc1c(C(=O)N/N=C\c2ccc(C(C)C)cc2)nnn1-c1nonc1N. The van der Waals surface area contributed by atoms with E-state index in [1.54, 1.807) is 6.21 Å². The average Bonchev–Trinajstić information content (AvgIpc) is 3.28. The van der Waals surface area contributed by atoms with Crippen molar-refractivity contribution in [3.63, 3.8) is 0 Å². The van der Waals surface area contributed by atoms with Crippen LogP contribution in [0.2, 0.25) is 0 Å². The molecular weight excluding hydrogens is 360 g/mol. The van der Waals surface area contributed by atoms with Crippen molar-refractivity contribution in [2.45, 2.75) is 39.5 Å². The molecule has 0 aliphatic heterocycles. The first kappa shape index (κ1) is 19.2. The summed E-state index contributed by atoms with van der Waals surface area (Å²) < 4.78 is 5.96. The molecule has 0 bridgehead atoms. The van der Waals surface area contributed by atoms with Gasteiger partial charge in [-0.1, -0.05) is 56.7 Å². The van der Waals surface area contributed by atoms with Crippen molar-refractivity contribution in [1.82, 2.24) is 30.7 Å². The Kier molecular flexibility index (Phi) is 5.78. The summed E-state index contributed by atoms with van der Waals surface area (Å²) in [6.45, 7) is 6.24. The number of benzene rings is 1. The van der Waals surface area contributed by atoms with Crippen molar-refractivity contribution in [2.24, 2.45) is 5.10 Å². The molecule has 3 N–H and O–H groups in total. The fraction of sp³-hybridized carbons (Fsp3) is 0.333. The molecule has 146 valence electrons. The van der Waals surface area contributed by atoms with Crippen LogP contribution in [0.25, 0.3) is 5.82 Å². The second-order valence-corrected chi connectivity index (χ2v) is 6.54. The lowest BCUT2D eigenvalue weighted by Crippen LogP contribution is -2.20. The highest BCUT2D eigenvalue weighted by Gasteiger charge is 2.23. The van der Waals surface area contributed by atoms with Crippen LogP contribution in [-0.4, -0.2) is 37.4 Å². The van der Waals surface area contributed by atoms with Gasteiger partial charge in [0.05, 0.1) is 11.9 Å². The predicted molar refractivity (Wildman–Crippen MR) is 103 cm³/mol. The topological polar surface area (TPSA) is 137 Å². The van der Waals surface area contributed by atoms with Gasteiger partial charge in [-0.3, -0.25) is 4.79 Å². The van der Waals surface area contributed by atoms with E-state index in [9.17, 15) is 4.79 Å². The molecule has 3 aromatic rings. The molecule has 0 aliphatic rings. The lowest BCUT2D eigenvalue weighted by Gasteiger charge is -2.05. The minimum absolute atomic E-state index is 0.0667. The lowest BCUT2D eigenvalue weighted by molar-refractivity contribution is 0.0949. The molecule has 10 heteroatoms. The van der Waals surface area contributed by atoms with Gasteiger partial charge in [0.1, 0.15) is 0 Å². The van der Waals surface area contributed by atoms with Crippen LogP contribution in [0, 0.1) is 0 Å². The molecule has 1 amide bonds. The summed E-state index contributed by atoms with van der Waals surface area (Å²) in [6.07, 6.45) is 2.89. The number of carbonyl (C=O) groups excluding carboxylic acids is 1. The fourth-order valence-electron chi connectivity index (χ4n) is 2.63. The number of carbonyl (C=O) groups is 1. The molecule has 2 heterocycles. The molecule has 3 rings (SSSR count). The minimum Gasteiger partial charge on any atom is -0.378 e. The highest BCUT2D eigenvalue weighted by molar-refractivity contribution is 5.94. The van der Waals surface area contributed by atoms with Crippen LogP contribution in [0.1, 0.15) is 60.4 Å². The Morgan fingerprint density at radius 1 is 1.32 bits per heavy atom. The Balaban J connectivity index is 1.75. The summed E-state index contributed by atoms with van der Waals surface area (Å²) in [7, 11) is 0. The number of nitrogens with two attached hydrogens (primary N) is 1. The smallest absolute Gasteiger partial charge is 0.293 e. The third-order valence-corrected chi connectivity index (χ3v) is 4.14. The Morgan fingerprint density at radius 2 is 2.07 bits per heavy atom. The fourth-order valence-corrected chi connectivity index (χ4v) is 2.63. The van der Waals surface area contributed by atoms with Gasteiger partial charge in [0.2, 0.25) is 11.6 Å². The van der Waals surface area contributed by atoms with Gasteiger partial charge in [-0.05, 0) is 33.8 Å². The number of amides is 1. The molecule has 0 fully saturated rings. The molecule has 28 heavy (non-hydrogen) atoms. The number of nitrogen functional groups attached to an aromatic ring is 1. The number of nitrogens with zero attached hydrogens (tertiary/aromatic N) is 6. The summed E-state index contributed by atoms with van der Waals surface area (Å²) in [5, 5.41) is 19.2. The van der Waals surface area contributed by atoms with Crippen molar-refractivity contribution in [3.05, 3.63) is 46.8 Å². The molecule has 1 aromatic carbocycles. The van der Waals surface area contributed by atoms with Crippen LogP contribution in [0.4, 0.5) is 5.82 Å². The second-order valence-electron chi connectivity index (χ2n) is 6.54. The molecule has 0 radical (unpaired) electrons. The summed E-state index contributed by atoms with van der Waals surface area (Å²) in [5.74, 6) is 0.250. The zero-order valence-corrected chi connectivity index (χ0v) is 16.0. The van der Waals surface area contributed by atoms with E-state index < -0.39 is 5.91 Å². The van der Waals surface area contributed by atoms with E-state index in [0.29, 0.717) is 18.0 Å². The molecule has 0 aliphatic carbocycles. The third kappa shape index (κ3) is 4.05. The summed E-state index contributed by atoms with van der Waals surface area (Å²) >= 11 is 0. The quantitative estimate of drug-likeness (QED) is 0.471. The largest absolute Gasteiger partial charge is 0.378 e. The average molecular weight is 382 g/mol. The first-order chi connectivity index (χ1) is 13.5. The standard InChI is InChI=1S/C18H22N8O2/c1-4-5-14-15(21-25-26(14)17-16(19)23-28-24-17)18(27)22-20-10-12-6-8-13(9-7-12)11(2)3/h6-11H,4-5H2,1-3H3,(H2,19,23)(H,22,27)/b20-10-. The van der Waals surface area contributed by atoms with Crippen molar-refractivity contribution in [1.29, 1.82) is 0 Å². The number of hydrogen-bond acceptors (Lipinski definition) is 8. The predicted octanol–water partition coefficient (Wildman–Crippen LogP) is 2.07. The van der Waals surface area contributed by atoms with Crippen LogP contribution in [0.15, 0.2) is 34.0 Å². The van der Waals surface area contributed by atoms with Crippen LogP contribution < -0.4 is 11.2 Å². The van der Waals surface area contributed by atoms with Gasteiger partial charge < -0.3 is 5.73 Å². The Labute approximate surface area is 161 Å². The molecule has 0 spiro atoms. The summed E-state index contributed by atoms with van der Waals surface area (Å²) in [4.78, 5) is 12.5. The normalized spacial score (nSPS) is 11.4. The van der Waals surface area contributed by atoms with E-state index in [-0.39, 0.29) is 17.3 Å². The lowest BCUT2D eigenvalue weighted by atomic mass is 10.0. The van der Waals surface area contributed by atoms with Gasteiger partial charge in [0.15, 0.2) is 5.69 Å². The first-order valence-electron chi connectivity index (χ1n) is 8.97. The Hall–Kier alpha value is -3.56. The summed E-state index contributed by atoms with van der Waals surface area (Å²) in [5.41, 5.74) is 11.0. The molecule has 10 nitrogen and oxygen atoms in total. The summed E-state index contributed by atoms with van der Waals surface area (Å²) in [6, 6.07) is 7.97. The van der Waals surface area contributed by atoms with Crippen molar-refractivity contribution in [2.75, 3.05) is 5.73 Å². The van der Waals surface area contributed by atoms with Crippen molar-refractivity contribution >= 4 is 17.9 Å². The monoisotopic (exact) mass is 382 g/mol. The number of anilines is 1. The maximum absolute atomic E-state index is 12.5. The van der Waals surface area contributed by atoms with Crippen LogP contribution >= 0.6 is 0 Å². The van der Waals surface area contributed by atoms with Gasteiger partial charge >= 0.3 is 0 Å². The number of hydrazone groups is 1. The maximum atomic E-state index is 12.5. The van der Waals surface area contributed by atoms with Gasteiger partial charge in [-0.2, -0.15) is 9.78 Å². The van der Waals surface area contributed by atoms with Gasteiger partial charge in [0, 0.05) is 0 Å². The zero-order chi connectivity index (χ0) is 20.1. The number of rotatable bonds is 7. The molecule has 0 saturated heterocycles. The number of nitrogens with one attached hydrogen (secondary N) is 1. The number of aromatic nitrogens is 5. The molecule has 0 unspecified atom stereocenters. The van der Waals surface area contributed by atoms with Gasteiger partial charge in [-0.15, -0.1) is 5.10 Å². The first-order valence-corrected chi connectivity index (χ1v) is 8.97. The van der Waals surface area contributed by atoms with Gasteiger partial charge in [0.25, 0.3) is 5.91 Å². The third-order valence-electron chi connectivity index (χ3n) is 4.14. The highest BCUT2D eigenvalue weighted by atomic mass is 16.6. The molecule has 2 aromatic heterocycles.